The molecule has 1 fully saturated rings. The second-order valence-corrected chi connectivity index (χ2v) is 6.68. The molecule has 4 nitrogen and oxygen atoms in total. The molecule has 1 heterocycles. The van der Waals surface area contributed by atoms with Gasteiger partial charge in [0, 0.05) is 5.56 Å². The highest BCUT2D eigenvalue weighted by Crippen LogP contribution is 2.37. The van der Waals surface area contributed by atoms with Crippen molar-refractivity contribution in [1.29, 1.82) is 0 Å². The SMILES string of the molecule is CCOc1ccc(N2C(=O)/C(=C/c3ccccc3O)SC2=S)cc1. The fourth-order valence-electron chi connectivity index (χ4n) is 2.30. The largest absolute Gasteiger partial charge is 0.507 e. The number of thioether (sulfide) groups is 1. The summed E-state index contributed by atoms with van der Waals surface area (Å²) in [4.78, 5) is 14.6. The van der Waals surface area contributed by atoms with Crippen LogP contribution in [0.3, 0.4) is 0 Å². The van der Waals surface area contributed by atoms with E-state index in [9.17, 15) is 9.90 Å². The third-order valence-corrected chi connectivity index (χ3v) is 4.73. The first-order valence-corrected chi connectivity index (χ1v) is 8.61. The molecule has 0 aliphatic carbocycles. The van der Waals surface area contributed by atoms with Crippen molar-refractivity contribution in [3.8, 4) is 11.5 Å². The molecule has 2 aromatic rings. The van der Waals surface area contributed by atoms with E-state index in [1.807, 2.05) is 19.1 Å². The Kier molecular flexibility index (Phi) is 4.87. The van der Waals surface area contributed by atoms with Crippen molar-refractivity contribution in [3.63, 3.8) is 0 Å². The molecule has 6 heteroatoms. The number of rotatable bonds is 4. The molecule has 1 aliphatic rings. The number of nitrogens with zero attached hydrogens (tertiary/aromatic N) is 1. The first kappa shape index (κ1) is 16.5. The molecule has 122 valence electrons. The number of aromatic hydroxyl groups is 1. The van der Waals surface area contributed by atoms with Crippen molar-refractivity contribution < 1.29 is 14.6 Å². The van der Waals surface area contributed by atoms with Gasteiger partial charge in [0.1, 0.15) is 11.5 Å². The monoisotopic (exact) mass is 357 g/mol. The van der Waals surface area contributed by atoms with Gasteiger partial charge in [-0.2, -0.15) is 0 Å². The van der Waals surface area contributed by atoms with Gasteiger partial charge >= 0.3 is 0 Å². The molecule has 0 unspecified atom stereocenters. The zero-order chi connectivity index (χ0) is 17.1. The van der Waals surface area contributed by atoms with Gasteiger partial charge in [0.25, 0.3) is 5.91 Å². The zero-order valence-electron chi connectivity index (χ0n) is 12.9. The minimum Gasteiger partial charge on any atom is -0.507 e. The summed E-state index contributed by atoms with van der Waals surface area (Å²) in [5.41, 5.74) is 1.28. The lowest BCUT2D eigenvalue weighted by Gasteiger charge is -2.15. The van der Waals surface area contributed by atoms with E-state index in [0.717, 1.165) is 5.75 Å². The van der Waals surface area contributed by atoms with Gasteiger partial charge in [-0.1, -0.05) is 42.2 Å². The van der Waals surface area contributed by atoms with Gasteiger partial charge in [-0.05, 0) is 43.3 Å². The Balaban J connectivity index is 1.88. The smallest absolute Gasteiger partial charge is 0.270 e. The lowest BCUT2D eigenvalue weighted by atomic mass is 10.2. The maximum atomic E-state index is 12.7. The summed E-state index contributed by atoms with van der Waals surface area (Å²) in [6, 6.07) is 14.1. The minimum atomic E-state index is -0.197. The molecule has 0 spiro atoms. The van der Waals surface area contributed by atoms with Gasteiger partial charge < -0.3 is 9.84 Å². The molecular weight excluding hydrogens is 342 g/mol. The summed E-state index contributed by atoms with van der Waals surface area (Å²) >= 11 is 6.56. The van der Waals surface area contributed by atoms with E-state index in [4.69, 9.17) is 17.0 Å². The van der Waals surface area contributed by atoms with Crippen molar-refractivity contribution in [2.45, 2.75) is 6.92 Å². The van der Waals surface area contributed by atoms with Gasteiger partial charge in [-0.15, -0.1) is 0 Å². The Hall–Kier alpha value is -2.31. The van der Waals surface area contributed by atoms with Gasteiger partial charge in [0.05, 0.1) is 17.2 Å². The number of amides is 1. The summed E-state index contributed by atoms with van der Waals surface area (Å²) in [6.07, 6.45) is 1.66. The molecule has 1 saturated heterocycles. The van der Waals surface area contributed by atoms with Crippen LogP contribution < -0.4 is 9.64 Å². The number of anilines is 1. The minimum absolute atomic E-state index is 0.129. The highest BCUT2D eigenvalue weighted by Gasteiger charge is 2.33. The summed E-state index contributed by atoms with van der Waals surface area (Å²) in [6.45, 7) is 2.50. The van der Waals surface area contributed by atoms with Crippen LogP contribution in [0.15, 0.2) is 53.4 Å². The Morgan fingerprint density at radius 2 is 1.92 bits per heavy atom. The summed E-state index contributed by atoms with van der Waals surface area (Å²) in [5.74, 6) is 0.678. The predicted molar refractivity (Wildman–Crippen MR) is 101 cm³/mol. The second-order valence-electron chi connectivity index (χ2n) is 5.00. The Bertz CT molecular complexity index is 815. The number of carbonyl (C=O) groups is 1. The third kappa shape index (κ3) is 3.29. The van der Waals surface area contributed by atoms with Crippen LogP contribution in [0.5, 0.6) is 11.5 Å². The van der Waals surface area contributed by atoms with Crippen LogP contribution in [0.25, 0.3) is 6.08 Å². The van der Waals surface area contributed by atoms with Crippen LogP contribution >= 0.6 is 24.0 Å². The standard InChI is InChI=1S/C18H15NO3S2/c1-2-22-14-9-7-13(8-10-14)19-17(21)16(24-18(19)23)11-12-5-3-4-6-15(12)20/h3-11,20H,2H2,1H3/b16-11-. The first-order chi connectivity index (χ1) is 11.6. The molecule has 0 bridgehead atoms. The van der Waals surface area contributed by atoms with E-state index in [-0.39, 0.29) is 11.7 Å². The van der Waals surface area contributed by atoms with Crippen LogP contribution in [0, 0.1) is 0 Å². The number of para-hydroxylation sites is 1. The first-order valence-electron chi connectivity index (χ1n) is 7.39. The lowest BCUT2D eigenvalue weighted by Crippen LogP contribution is -2.27. The number of thiocarbonyl (C=S) groups is 1. The highest BCUT2D eigenvalue weighted by atomic mass is 32.2. The van der Waals surface area contributed by atoms with Crippen molar-refractivity contribution in [1.82, 2.24) is 0 Å². The quantitative estimate of drug-likeness (QED) is 0.657. The number of carbonyl (C=O) groups excluding carboxylic acids is 1. The van der Waals surface area contributed by atoms with E-state index < -0.39 is 0 Å². The molecule has 2 aromatic carbocycles. The normalized spacial score (nSPS) is 16.0. The average Bonchev–Trinajstić information content (AvgIpc) is 2.85. The number of hydrogen-bond acceptors (Lipinski definition) is 5. The second kappa shape index (κ2) is 7.07. The summed E-state index contributed by atoms with van der Waals surface area (Å²) < 4.78 is 5.87. The molecule has 1 aliphatic heterocycles. The molecule has 0 saturated carbocycles. The Labute approximate surface area is 149 Å². The number of phenols is 1. The van der Waals surface area contributed by atoms with Crippen molar-refractivity contribution >= 4 is 46.0 Å². The topological polar surface area (TPSA) is 49.8 Å². The highest BCUT2D eigenvalue weighted by molar-refractivity contribution is 8.27. The molecule has 3 rings (SSSR count). The molecule has 0 radical (unpaired) electrons. The summed E-state index contributed by atoms with van der Waals surface area (Å²) in [5, 5.41) is 9.86. The van der Waals surface area contributed by atoms with E-state index >= 15 is 0 Å². The Morgan fingerprint density at radius 3 is 2.58 bits per heavy atom. The summed E-state index contributed by atoms with van der Waals surface area (Å²) in [7, 11) is 0. The van der Waals surface area contributed by atoms with E-state index in [2.05, 4.69) is 0 Å². The van der Waals surface area contributed by atoms with Gasteiger partial charge in [0.15, 0.2) is 4.32 Å². The molecule has 0 atom stereocenters. The molecular formula is C18H15NO3S2. The maximum Gasteiger partial charge on any atom is 0.270 e. The van der Waals surface area contributed by atoms with Crippen molar-refractivity contribution in [2.24, 2.45) is 0 Å². The van der Waals surface area contributed by atoms with Crippen LogP contribution in [-0.4, -0.2) is 21.9 Å². The number of benzene rings is 2. The van der Waals surface area contributed by atoms with Crippen molar-refractivity contribution in [3.05, 3.63) is 59.0 Å². The van der Waals surface area contributed by atoms with Crippen LogP contribution in [0.1, 0.15) is 12.5 Å². The van der Waals surface area contributed by atoms with Gasteiger partial charge in [-0.25, -0.2) is 0 Å². The molecule has 24 heavy (non-hydrogen) atoms. The van der Waals surface area contributed by atoms with E-state index in [1.165, 1.54) is 16.7 Å². The maximum absolute atomic E-state index is 12.7. The van der Waals surface area contributed by atoms with Gasteiger partial charge in [0.2, 0.25) is 0 Å². The molecule has 1 amide bonds. The third-order valence-electron chi connectivity index (χ3n) is 3.42. The van der Waals surface area contributed by atoms with Crippen LogP contribution in [-0.2, 0) is 4.79 Å². The van der Waals surface area contributed by atoms with Gasteiger partial charge in [-0.3, -0.25) is 9.69 Å². The molecule has 1 N–H and O–H groups in total. The lowest BCUT2D eigenvalue weighted by molar-refractivity contribution is -0.113. The number of hydrogen-bond donors (Lipinski definition) is 1. The van der Waals surface area contributed by atoms with Crippen LogP contribution in [0.2, 0.25) is 0 Å². The zero-order valence-corrected chi connectivity index (χ0v) is 14.6. The predicted octanol–water partition coefficient (Wildman–Crippen LogP) is 4.20. The average molecular weight is 357 g/mol. The molecule has 0 aromatic heterocycles. The van der Waals surface area contributed by atoms with Crippen LogP contribution in [0.4, 0.5) is 5.69 Å². The Morgan fingerprint density at radius 1 is 1.21 bits per heavy atom. The fraction of sp³-hybridized carbons (Fsp3) is 0.111. The number of ether oxygens (including phenoxy) is 1. The fourth-order valence-corrected chi connectivity index (χ4v) is 3.59. The number of phenolic OH excluding ortho intramolecular Hbond substituents is 1. The van der Waals surface area contributed by atoms with E-state index in [1.54, 1.807) is 42.5 Å². The van der Waals surface area contributed by atoms with E-state index in [0.29, 0.717) is 27.1 Å². The van der Waals surface area contributed by atoms with Crippen molar-refractivity contribution in [2.75, 3.05) is 11.5 Å².